The van der Waals surface area contributed by atoms with E-state index in [1.807, 2.05) is 0 Å². The number of rotatable bonds is 1. The zero-order chi connectivity index (χ0) is 6.99. The molecule has 0 saturated carbocycles. The van der Waals surface area contributed by atoms with Crippen LogP contribution in [-0.2, 0) is 0 Å². The van der Waals surface area contributed by atoms with E-state index in [1.165, 1.54) is 12.8 Å². The molecule has 0 aliphatic rings. The topological polar surface area (TPSA) is 57.5 Å². The van der Waals surface area contributed by atoms with Gasteiger partial charge in [0, 0.05) is 0 Å². The maximum absolute atomic E-state index is 8.56. The number of hydrogen-bond acceptors (Lipinski definition) is 1. The summed E-state index contributed by atoms with van der Waals surface area (Å²) in [4.78, 5) is 8.56. The van der Waals surface area contributed by atoms with Crippen molar-refractivity contribution in [1.82, 2.24) is 0 Å². The number of unbranched alkanes of at least 4 members (excludes halogenated alkanes) is 1. The Balaban J connectivity index is -0.0000000300. The molecule has 0 aromatic heterocycles. The van der Waals surface area contributed by atoms with Gasteiger partial charge in [-0.1, -0.05) is 26.7 Å². The van der Waals surface area contributed by atoms with Gasteiger partial charge in [0.1, 0.15) is 0 Å². The molecule has 0 amide bonds. The van der Waals surface area contributed by atoms with Crippen LogP contribution in [0.1, 0.15) is 28.1 Å². The molecule has 3 nitrogen and oxygen atoms in total. The summed E-state index contributed by atoms with van der Waals surface area (Å²) in [5.74, 6) is 0. The van der Waals surface area contributed by atoms with E-state index in [0.717, 1.165) is 0 Å². The Labute approximate surface area is 78.9 Å². The average Bonchev–Trinajstić information content (AvgIpc) is 1.65. The van der Waals surface area contributed by atoms with Gasteiger partial charge in [0.25, 0.3) is 0 Å². The fourth-order valence-electron chi connectivity index (χ4n) is 0. The van der Waals surface area contributed by atoms with Crippen LogP contribution in [0, 0.1) is 0 Å². The van der Waals surface area contributed by atoms with Crippen molar-refractivity contribution < 1.29 is 46.0 Å². The normalized spacial score (nSPS) is 6.00. The van der Waals surface area contributed by atoms with Crippen molar-refractivity contribution in [2.75, 3.05) is 0 Å². The van der Waals surface area contributed by atoms with E-state index in [-0.39, 0.29) is 31.0 Å². The van der Waals surface area contributed by atoms with Crippen LogP contribution < -0.4 is 29.6 Å². The van der Waals surface area contributed by atoms with Gasteiger partial charge in [0.2, 0.25) is 0 Å². The van der Waals surface area contributed by atoms with E-state index >= 15 is 0 Å². The Kier molecular flexibility index (Phi) is 28.2. The predicted octanol–water partition coefficient (Wildman–Crippen LogP) is -0.855. The summed E-state index contributed by atoms with van der Waals surface area (Å²) in [5, 5.41) is 13.9. The van der Waals surface area contributed by atoms with Crippen molar-refractivity contribution in [1.29, 1.82) is 0 Å². The van der Waals surface area contributed by atoms with Gasteiger partial charge in [-0.3, -0.25) is 0 Å². The molecule has 52 valence electrons. The first kappa shape index (κ1) is 16.1. The maximum atomic E-state index is 8.56. The summed E-state index contributed by atoms with van der Waals surface area (Å²) >= 11 is 0. The van der Waals surface area contributed by atoms with Gasteiger partial charge in [-0.2, -0.15) is 0 Å². The van der Waals surface area contributed by atoms with Crippen molar-refractivity contribution in [3.8, 4) is 0 Å². The van der Waals surface area contributed by atoms with E-state index in [0.29, 0.717) is 0 Å². The van der Waals surface area contributed by atoms with Gasteiger partial charge >= 0.3 is 35.7 Å². The molecule has 0 aliphatic carbocycles. The summed E-state index contributed by atoms with van der Waals surface area (Å²) in [7, 11) is 0. The second-order valence-electron chi connectivity index (χ2n) is 1.28. The number of carbonyl (C=O) groups is 1. The zero-order valence-electron chi connectivity index (χ0n) is 7.22. The van der Waals surface area contributed by atoms with Gasteiger partial charge in [0.05, 0.1) is 0 Å². The molecule has 0 saturated heterocycles. The zero-order valence-corrected chi connectivity index (χ0v) is 8.22. The molecule has 0 spiro atoms. The van der Waals surface area contributed by atoms with Crippen LogP contribution >= 0.6 is 0 Å². The van der Waals surface area contributed by atoms with E-state index in [4.69, 9.17) is 15.0 Å². The summed E-state index contributed by atoms with van der Waals surface area (Å²) in [5.41, 5.74) is 0. The van der Waals surface area contributed by atoms with Gasteiger partial charge < -0.3 is 11.6 Å². The largest absolute Gasteiger partial charge is 1.00 e. The van der Waals surface area contributed by atoms with Crippen LogP contribution in [0.15, 0.2) is 0 Å². The smallest absolute Gasteiger partial charge is 1.00 e. The predicted molar refractivity (Wildman–Crippen MR) is 32.3 cm³/mol. The fourth-order valence-corrected chi connectivity index (χ4v) is 0. The Morgan fingerprint density at radius 2 is 1.44 bits per heavy atom. The van der Waals surface area contributed by atoms with Crippen LogP contribution in [0.4, 0.5) is 4.79 Å². The average molecular weight is 144 g/mol. The van der Waals surface area contributed by atoms with Gasteiger partial charge in [-0.15, -0.1) is 0 Å². The Hall–Kier alpha value is 0.270. The van der Waals surface area contributed by atoms with E-state index in [9.17, 15) is 0 Å². The SMILES string of the molecule is CCCC.O=C(O)O.[H-].[Na+]. The third kappa shape index (κ3) is 202. The van der Waals surface area contributed by atoms with E-state index in [1.54, 1.807) is 0 Å². The van der Waals surface area contributed by atoms with Gasteiger partial charge in [0.15, 0.2) is 0 Å². The first-order chi connectivity index (χ1) is 3.65. The second-order valence-corrected chi connectivity index (χ2v) is 1.28. The first-order valence-corrected chi connectivity index (χ1v) is 2.57. The molecule has 0 radical (unpaired) electrons. The van der Waals surface area contributed by atoms with Crippen LogP contribution in [0.5, 0.6) is 0 Å². The molecule has 4 heteroatoms. The van der Waals surface area contributed by atoms with E-state index < -0.39 is 6.16 Å². The fraction of sp³-hybridized carbons (Fsp3) is 0.800. The standard InChI is InChI=1S/C4H10.CH2O3.Na.H/c1-3-4-2;2-1(3)4;;/h3-4H2,1-2H3;(H2,2,3,4);;/q;;+1;-1. The monoisotopic (exact) mass is 144 g/mol. The van der Waals surface area contributed by atoms with Crippen molar-refractivity contribution >= 4 is 6.16 Å². The quantitative estimate of drug-likeness (QED) is 0.471. The Bertz CT molecular complexity index is 54.9. The Morgan fingerprint density at radius 1 is 1.33 bits per heavy atom. The van der Waals surface area contributed by atoms with Crippen LogP contribution in [0.25, 0.3) is 0 Å². The third-order valence-corrected chi connectivity index (χ3v) is 0.500. The molecule has 0 atom stereocenters. The van der Waals surface area contributed by atoms with Crippen molar-refractivity contribution in [2.45, 2.75) is 26.7 Å². The first-order valence-electron chi connectivity index (χ1n) is 2.57. The van der Waals surface area contributed by atoms with Crippen molar-refractivity contribution in [2.24, 2.45) is 0 Å². The maximum Gasteiger partial charge on any atom is 1.00 e. The molecule has 0 fully saturated rings. The molecule has 0 aromatic carbocycles. The molecule has 2 N–H and O–H groups in total. The van der Waals surface area contributed by atoms with E-state index in [2.05, 4.69) is 13.8 Å². The Morgan fingerprint density at radius 3 is 1.44 bits per heavy atom. The van der Waals surface area contributed by atoms with Gasteiger partial charge in [-0.25, -0.2) is 4.79 Å². The van der Waals surface area contributed by atoms with Crippen LogP contribution in [0.2, 0.25) is 0 Å². The molecule has 0 heterocycles. The second kappa shape index (κ2) is 15.7. The molecule has 0 aliphatic heterocycles. The minimum absolute atomic E-state index is 0. The summed E-state index contributed by atoms with van der Waals surface area (Å²) < 4.78 is 0. The number of hydrogen-bond donors (Lipinski definition) is 2. The van der Waals surface area contributed by atoms with Crippen LogP contribution in [-0.4, -0.2) is 16.4 Å². The number of carboxylic acid groups (broad SMARTS) is 2. The molecule has 0 rings (SSSR count). The molecule has 0 aromatic rings. The summed E-state index contributed by atoms with van der Waals surface area (Å²) in [6.07, 6.45) is 0.806. The molecular formula is C5H13NaO3. The van der Waals surface area contributed by atoms with Crippen molar-refractivity contribution in [3.05, 3.63) is 0 Å². The molecule has 0 bridgehead atoms. The third-order valence-electron chi connectivity index (χ3n) is 0.500. The minimum atomic E-state index is -1.83. The van der Waals surface area contributed by atoms with Crippen molar-refractivity contribution in [3.63, 3.8) is 0 Å². The van der Waals surface area contributed by atoms with Crippen LogP contribution in [0.3, 0.4) is 0 Å². The summed E-state index contributed by atoms with van der Waals surface area (Å²) in [6.45, 7) is 4.36. The molecular weight excluding hydrogens is 131 g/mol. The molecule has 9 heavy (non-hydrogen) atoms. The summed E-state index contributed by atoms with van der Waals surface area (Å²) in [6, 6.07) is 0. The molecule has 0 unspecified atom stereocenters. The van der Waals surface area contributed by atoms with Gasteiger partial charge in [-0.05, 0) is 0 Å². The minimum Gasteiger partial charge on any atom is -1.00 e.